The number of thiazole rings is 1. The molecule has 1 aliphatic carbocycles. The molecule has 210 valence electrons. The summed E-state index contributed by atoms with van der Waals surface area (Å²) in [5.41, 5.74) is 4.04. The smallest absolute Gasteiger partial charge is 0.347 e. The van der Waals surface area contributed by atoms with Gasteiger partial charge in [0.25, 0.3) is 5.91 Å². The second-order valence-electron chi connectivity index (χ2n) is 10.3. The summed E-state index contributed by atoms with van der Waals surface area (Å²) in [4.78, 5) is 46.1. The Morgan fingerprint density at radius 3 is 2.34 bits per heavy atom. The standard InChI is InChI=1S/C29H24Cl2N4O5S/c1-13-21(30)22(31)24(32-13)26(36)34-23-18-11-35(12-19(18)23)29-33-20(25(41-29)28(39)40)9-14-4-2-5-15(8-14)16-6-3-7-17(10-16)27(37)38/h2-8,10,18-19,23,32H,9,11-12H2,1H3,(H,34,36)(H,37,38)(H,39,40)/t18-,19+,23+. The number of carbonyl (C=O) groups is 3. The zero-order valence-electron chi connectivity index (χ0n) is 21.6. The molecule has 6 rings (SSSR count). The van der Waals surface area contributed by atoms with Gasteiger partial charge >= 0.3 is 11.9 Å². The fourth-order valence-electron chi connectivity index (χ4n) is 5.50. The largest absolute Gasteiger partial charge is 0.478 e. The number of carbonyl (C=O) groups excluding carboxylic acids is 1. The molecule has 4 aromatic rings. The monoisotopic (exact) mass is 610 g/mol. The highest BCUT2D eigenvalue weighted by atomic mass is 35.5. The van der Waals surface area contributed by atoms with Crippen LogP contribution < -0.4 is 10.2 Å². The normalized spacial score (nSPS) is 19.2. The molecule has 0 bridgehead atoms. The van der Waals surface area contributed by atoms with Crippen LogP contribution in [0.3, 0.4) is 0 Å². The zero-order valence-corrected chi connectivity index (χ0v) is 24.0. The highest BCUT2D eigenvalue weighted by Gasteiger charge is 2.57. The van der Waals surface area contributed by atoms with Crippen LogP contribution in [0.1, 0.15) is 47.5 Å². The Hall–Kier alpha value is -3.86. The fraction of sp³-hybridized carbons (Fsp3) is 0.241. The molecule has 0 spiro atoms. The summed E-state index contributed by atoms with van der Waals surface area (Å²) in [5, 5.41) is 23.5. The number of hydrogen-bond acceptors (Lipinski definition) is 6. The summed E-state index contributed by atoms with van der Waals surface area (Å²) in [6.07, 6.45) is 0.322. The van der Waals surface area contributed by atoms with E-state index in [-0.39, 0.29) is 44.9 Å². The minimum atomic E-state index is -1.03. The number of amides is 1. The Kier molecular flexibility index (Phi) is 7.01. The average Bonchev–Trinajstić information content (AvgIpc) is 3.30. The maximum absolute atomic E-state index is 12.7. The van der Waals surface area contributed by atoms with Crippen molar-refractivity contribution in [3.8, 4) is 11.1 Å². The van der Waals surface area contributed by atoms with Crippen molar-refractivity contribution in [1.29, 1.82) is 0 Å². The first-order valence-electron chi connectivity index (χ1n) is 12.9. The Morgan fingerprint density at radius 1 is 1.02 bits per heavy atom. The number of piperidine rings is 1. The van der Waals surface area contributed by atoms with Crippen molar-refractivity contribution in [2.75, 3.05) is 18.0 Å². The van der Waals surface area contributed by atoms with Crippen molar-refractivity contribution in [2.24, 2.45) is 11.8 Å². The van der Waals surface area contributed by atoms with Gasteiger partial charge in [0.1, 0.15) is 10.6 Å². The maximum atomic E-state index is 12.7. The molecule has 1 amide bonds. The minimum Gasteiger partial charge on any atom is -0.478 e. The SMILES string of the molecule is Cc1[nH]c(C(=O)N[C@H]2[C@@H]3CN(c4nc(Cc5cccc(-c6cccc(C(=O)O)c6)c5)c(C(=O)O)s4)C[C@@H]32)c(Cl)c1Cl. The molecule has 3 atom stereocenters. The van der Waals surface area contributed by atoms with Gasteiger partial charge in [0, 0.05) is 43.1 Å². The van der Waals surface area contributed by atoms with E-state index < -0.39 is 11.9 Å². The third kappa shape index (κ3) is 5.18. The molecular formula is C29H24Cl2N4O5S. The lowest BCUT2D eigenvalue weighted by Gasteiger charge is -2.19. The number of aromatic amines is 1. The quantitative estimate of drug-likeness (QED) is 0.204. The van der Waals surface area contributed by atoms with E-state index in [2.05, 4.69) is 15.2 Å². The number of nitrogens with zero attached hydrogens (tertiary/aromatic N) is 2. The average molecular weight is 612 g/mol. The topological polar surface area (TPSA) is 136 Å². The van der Waals surface area contributed by atoms with Crippen LogP contribution in [0.15, 0.2) is 48.5 Å². The Morgan fingerprint density at radius 2 is 1.71 bits per heavy atom. The number of nitrogens with one attached hydrogen (secondary N) is 2. The minimum absolute atomic E-state index is 0.0120. The summed E-state index contributed by atoms with van der Waals surface area (Å²) in [6, 6.07) is 14.3. The second-order valence-corrected chi connectivity index (χ2v) is 12.1. The van der Waals surface area contributed by atoms with Crippen LogP contribution in [-0.2, 0) is 6.42 Å². The third-order valence-electron chi connectivity index (χ3n) is 7.66. The first-order chi connectivity index (χ1) is 19.6. The van der Waals surface area contributed by atoms with E-state index in [1.54, 1.807) is 25.1 Å². The van der Waals surface area contributed by atoms with E-state index in [9.17, 15) is 24.6 Å². The number of H-pyrrole nitrogens is 1. The summed E-state index contributed by atoms with van der Waals surface area (Å²) in [6.45, 7) is 3.07. The van der Waals surface area contributed by atoms with Gasteiger partial charge < -0.3 is 25.4 Å². The number of anilines is 1. The third-order valence-corrected chi connectivity index (χ3v) is 9.76. The highest BCUT2D eigenvalue weighted by molar-refractivity contribution is 7.17. The first kappa shape index (κ1) is 27.3. The van der Waals surface area contributed by atoms with Gasteiger partial charge in [0.05, 0.1) is 21.3 Å². The van der Waals surface area contributed by atoms with Crippen LogP contribution in [-0.4, -0.2) is 57.2 Å². The number of carboxylic acid groups (broad SMARTS) is 2. The number of hydrogen-bond donors (Lipinski definition) is 4. The predicted molar refractivity (Wildman–Crippen MR) is 157 cm³/mol. The molecule has 1 aliphatic heterocycles. The molecule has 3 heterocycles. The number of aromatic carboxylic acids is 2. The van der Waals surface area contributed by atoms with Crippen LogP contribution in [0.5, 0.6) is 0 Å². The number of rotatable bonds is 8. The molecular weight excluding hydrogens is 587 g/mol. The molecule has 41 heavy (non-hydrogen) atoms. The van der Waals surface area contributed by atoms with E-state index in [1.165, 1.54) is 0 Å². The summed E-state index contributed by atoms with van der Waals surface area (Å²) >= 11 is 13.4. The predicted octanol–water partition coefficient (Wildman–Crippen LogP) is 5.61. The van der Waals surface area contributed by atoms with E-state index in [4.69, 9.17) is 28.2 Å². The van der Waals surface area contributed by atoms with E-state index in [1.807, 2.05) is 30.3 Å². The lowest BCUT2D eigenvalue weighted by atomic mass is 9.99. The Labute approximate surface area is 248 Å². The molecule has 2 aliphatic rings. The zero-order chi connectivity index (χ0) is 29.0. The van der Waals surface area contributed by atoms with Crippen molar-refractivity contribution in [3.63, 3.8) is 0 Å². The van der Waals surface area contributed by atoms with Crippen LogP contribution in [0.25, 0.3) is 11.1 Å². The van der Waals surface area contributed by atoms with Crippen molar-refractivity contribution in [2.45, 2.75) is 19.4 Å². The molecule has 0 radical (unpaired) electrons. The number of carboxylic acids is 2. The molecule has 0 unspecified atom stereocenters. The fourth-order valence-corrected chi connectivity index (χ4v) is 6.85. The van der Waals surface area contributed by atoms with Gasteiger partial charge in [-0.15, -0.1) is 0 Å². The maximum Gasteiger partial charge on any atom is 0.347 e. The molecule has 12 heteroatoms. The number of benzene rings is 2. The summed E-state index contributed by atoms with van der Waals surface area (Å²) in [5.74, 6) is -1.84. The number of fused-ring (bicyclic) bond motifs is 1. The van der Waals surface area contributed by atoms with Gasteiger partial charge in [-0.25, -0.2) is 14.6 Å². The Balaban J connectivity index is 1.14. The van der Waals surface area contributed by atoms with E-state index in [0.717, 1.165) is 28.0 Å². The van der Waals surface area contributed by atoms with E-state index >= 15 is 0 Å². The molecule has 4 N–H and O–H groups in total. The van der Waals surface area contributed by atoms with Gasteiger partial charge in [-0.3, -0.25) is 4.79 Å². The summed E-state index contributed by atoms with van der Waals surface area (Å²) < 4.78 is 0. The van der Waals surface area contributed by atoms with Crippen LogP contribution in [0.2, 0.25) is 10.0 Å². The van der Waals surface area contributed by atoms with Gasteiger partial charge in [-0.2, -0.15) is 0 Å². The number of aryl methyl sites for hydroxylation is 1. The first-order valence-corrected chi connectivity index (χ1v) is 14.4. The molecule has 1 saturated heterocycles. The molecule has 2 aromatic heterocycles. The van der Waals surface area contributed by atoms with E-state index in [0.29, 0.717) is 41.1 Å². The Bertz CT molecular complexity index is 1700. The molecule has 2 fully saturated rings. The summed E-state index contributed by atoms with van der Waals surface area (Å²) in [7, 11) is 0. The lowest BCUT2D eigenvalue weighted by molar-refractivity contribution is 0.0688. The molecule has 2 aromatic carbocycles. The van der Waals surface area contributed by atoms with Crippen molar-refractivity contribution >= 4 is 57.5 Å². The van der Waals surface area contributed by atoms with Crippen LogP contribution >= 0.6 is 34.5 Å². The molecule has 9 nitrogen and oxygen atoms in total. The van der Waals surface area contributed by atoms with Gasteiger partial charge in [-0.05, 0) is 35.7 Å². The van der Waals surface area contributed by atoms with Gasteiger partial charge in [0.2, 0.25) is 0 Å². The van der Waals surface area contributed by atoms with Crippen molar-refractivity contribution in [3.05, 3.63) is 91.7 Å². The van der Waals surface area contributed by atoms with Crippen molar-refractivity contribution < 1.29 is 24.6 Å². The van der Waals surface area contributed by atoms with Gasteiger partial charge in [0.15, 0.2) is 5.13 Å². The number of aromatic nitrogens is 2. The van der Waals surface area contributed by atoms with Gasteiger partial charge in [-0.1, -0.05) is 70.9 Å². The lowest BCUT2D eigenvalue weighted by Crippen LogP contribution is -2.34. The number of halogens is 2. The van der Waals surface area contributed by atoms with Crippen LogP contribution in [0, 0.1) is 18.8 Å². The second kappa shape index (κ2) is 10.5. The highest BCUT2D eigenvalue weighted by Crippen LogP contribution is 2.48. The van der Waals surface area contributed by atoms with Crippen molar-refractivity contribution in [1.82, 2.24) is 15.3 Å². The van der Waals surface area contributed by atoms with Crippen LogP contribution in [0.4, 0.5) is 5.13 Å². The molecule has 1 saturated carbocycles.